The molecule has 1 aromatic carbocycles. The second-order valence-electron chi connectivity index (χ2n) is 5.05. The van der Waals surface area contributed by atoms with E-state index in [2.05, 4.69) is 9.55 Å². The molecule has 3 rings (SSSR count). The van der Waals surface area contributed by atoms with Crippen molar-refractivity contribution in [3.63, 3.8) is 0 Å². The van der Waals surface area contributed by atoms with Crippen LogP contribution in [-0.4, -0.2) is 21.1 Å². The number of fused-ring (bicyclic) bond motifs is 1. The summed E-state index contributed by atoms with van der Waals surface area (Å²) in [7, 11) is 0. The third kappa shape index (κ3) is 2.53. The minimum atomic E-state index is -0.434. The van der Waals surface area contributed by atoms with Crippen LogP contribution in [0.15, 0.2) is 12.1 Å². The first-order valence-electron chi connectivity index (χ1n) is 6.66. The van der Waals surface area contributed by atoms with Crippen LogP contribution < -0.4 is 0 Å². The van der Waals surface area contributed by atoms with Crippen LogP contribution in [0.2, 0.25) is 5.02 Å². The highest BCUT2D eigenvalue weighted by atomic mass is 35.5. The van der Waals surface area contributed by atoms with Gasteiger partial charge in [0.15, 0.2) is 0 Å². The Hall–Kier alpha value is -0.450. The Bertz CT molecular complexity index is 636. The second kappa shape index (κ2) is 5.74. The van der Waals surface area contributed by atoms with Gasteiger partial charge in [-0.1, -0.05) is 11.6 Å². The molecule has 0 spiro atoms. The third-order valence-electron chi connectivity index (χ3n) is 3.67. The minimum Gasteiger partial charge on any atom is -0.324 e. The molecule has 0 amide bonds. The molecule has 1 aromatic heterocycles. The fourth-order valence-corrected chi connectivity index (χ4v) is 4.11. The first-order chi connectivity index (χ1) is 9.58. The number of benzene rings is 1. The molecule has 20 heavy (non-hydrogen) atoms. The van der Waals surface area contributed by atoms with Crippen LogP contribution in [0, 0.1) is 5.82 Å². The summed E-state index contributed by atoms with van der Waals surface area (Å²) < 4.78 is 15.8. The van der Waals surface area contributed by atoms with E-state index in [0.717, 1.165) is 35.7 Å². The molecule has 0 bridgehead atoms. The number of alkyl halides is 1. The van der Waals surface area contributed by atoms with Crippen LogP contribution in [0.25, 0.3) is 11.0 Å². The Balaban J connectivity index is 2.20. The smallest absolute Gasteiger partial charge is 0.144 e. The second-order valence-corrected chi connectivity index (χ2v) is 7.34. The maximum absolute atomic E-state index is 13.6. The molecule has 0 radical (unpaired) electrons. The normalized spacial score (nSPS) is 18.6. The van der Waals surface area contributed by atoms with Gasteiger partial charge in [0.25, 0.3) is 0 Å². The van der Waals surface area contributed by atoms with Crippen molar-refractivity contribution in [2.75, 3.05) is 11.5 Å². The average Bonchev–Trinajstić information content (AvgIpc) is 2.79. The van der Waals surface area contributed by atoms with Gasteiger partial charge in [-0.3, -0.25) is 0 Å². The van der Waals surface area contributed by atoms with Gasteiger partial charge < -0.3 is 4.57 Å². The number of thioether (sulfide) groups is 1. The number of nitrogens with zero attached hydrogens (tertiary/aromatic N) is 2. The summed E-state index contributed by atoms with van der Waals surface area (Å²) in [4.78, 5) is 4.51. The lowest BCUT2D eigenvalue weighted by atomic mass is 10.1. The molecular formula is C14H15Cl2FN2S. The molecule has 1 saturated heterocycles. The van der Waals surface area contributed by atoms with Crippen LogP contribution in [0.1, 0.15) is 37.0 Å². The lowest BCUT2D eigenvalue weighted by Gasteiger charge is -2.26. The zero-order chi connectivity index (χ0) is 14.3. The van der Waals surface area contributed by atoms with E-state index in [-0.39, 0.29) is 10.4 Å². The van der Waals surface area contributed by atoms with E-state index in [1.807, 2.05) is 18.7 Å². The zero-order valence-corrected chi connectivity index (χ0v) is 13.4. The van der Waals surface area contributed by atoms with Gasteiger partial charge in [-0.2, -0.15) is 11.8 Å². The summed E-state index contributed by atoms with van der Waals surface area (Å²) in [6, 6.07) is 3.44. The van der Waals surface area contributed by atoms with Crippen molar-refractivity contribution in [2.24, 2.45) is 0 Å². The van der Waals surface area contributed by atoms with E-state index < -0.39 is 5.82 Å². The standard InChI is InChI=1S/C14H15Cl2FN2S/c1-8(15)14-18-12-7-11(17)10(16)6-13(12)19(14)9-2-4-20-5-3-9/h6-9H,2-5H2,1H3. The van der Waals surface area contributed by atoms with Crippen LogP contribution in [0.5, 0.6) is 0 Å². The average molecular weight is 333 g/mol. The van der Waals surface area contributed by atoms with Crippen LogP contribution in [0.3, 0.4) is 0 Å². The highest BCUT2D eigenvalue weighted by molar-refractivity contribution is 7.99. The highest BCUT2D eigenvalue weighted by Gasteiger charge is 2.24. The molecule has 0 saturated carbocycles. The topological polar surface area (TPSA) is 17.8 Å². The summed E-state index contributed by atoms with van der Waals surface area (Å²) >= 11 is 14.2. The predicted molar refractivity (Wildman–Crippen MR) is 84.6 cm³/mol. The van der Waals surface area contributed by atoms with Gasteiger partial charge in [0, 0.05) is 12.1 Å². The highest BCUT2D eigenvalue weighted by Crippen LogP contribution is 2.36. The molecule has 1 unspecified atom stereocenters. The maximum atomic E-state index is 13.6. The third-order valence-corrected chi connectivity index (χ3v) is 5.20. The Morgan fingerprint density at radius 3 is 2.75 bits per heavy atom. The summed E-state index contributed by atoms with van der Waals surface area (Å²) in [5, 5.41) is -0.0728. The number of hydrogen-bond acceptors (Lipinski definition) is 2. The van der Waals surface area contributed by atoms with Crippen molar-refractivity contribution >= 4 is 46.0 Å². The number of rotatable bonds is 2. The fraction of sp³-hybridized carbons (Fsp3) is 0.500. The Kier molecular flexibility index (Phi) is 4.16. The Labute approximate surface area is 131 Å². The van der Waals surface area contributed by atoms with Gasteiger partial charge in [-0.05, 0) is 37.3 Å². The van der Waals surface area contributed by atoms with Crippen molar-refractivity contribution < 1.29 is 4.39 Å². The van der Waals surface area contributed by atoms with Gasteiger partial charge >= 0.3 is 0 Å². The largest absolute Gasteiger partial charge is 0.324 e. The van der Waals surface area contributed by atoms with Gasteiger partial charge in [0.2, 0.25) is 0 Å². The zero-order valence-electron chi connectivity index (χ0n) is 11.1. The van der Waals surface area contributed by atoms with E-state index in [1.54, 1.807) is 6.07 Å². The van der Waals surface area contributed by atoms with E-state index >= 15 is 0 Å². The van der Waals surface area contributed by atoms with Crippen LogP contribution in [0.4, 0.5) is 4.39 Å². The SMILES string of the molecule is CC(Cl)c1nc2cc(F)c(Cl)cc2n1C1CCSCC1. The van der Waals surface area contributed by atoms with E-state index in [1.165, 1.54) is 6.07 Å². The van der Waals surface area contributed by atoms with Crippen LogP contribution in [-0.2, 0) is 0 Å². The number of imidazole rings is 1. The van der Waals surface area contributed by atoms with Crippen molar-refractivity contribution in [1.82, 2.24) is 9.55 Å². The number of halogens is 3. The fourth-order valence-electron chi connectivity index (χ4n) is 2.72. The molecule has 2 nitrogen and oxygen atoms in total. The predicted octanol–water partition coefficient (Wildman–Crippen LogP) is 5.20. The molecule has 6 heteroatoms. The molecular weight excluding hydrogens is 318 g/mol. The van der Waals surface area contributed by atoms with E-state index in [4.69, 9.17) is 23.2 Å². The monoisotopic (exact) mass is 332 g/mol. The lowest BCUT2D eigenvalue weighted by molar-refractivity contribution is 0.464. The molecule has 2 aromatic rings. The summed E-state index contributed by atoms with van der Waals surface area (Å²) in [6.45, 7) is 1.90. The Morgan fingerprint density at radius 2 is 2.10 bits per heavy atom. The van der Waals surface area contributed by atoms with Crippen molar-refractivity contribution in [3.8, 4) is 0 Å². The summed E-state index contributed by atoms with van der Waals surface area (Å²) in [5.41, 5.74) is 1.52. The van der Waals surface area contributed by atoms with Crippen molar-refractivity contribution in [3.05, 3.63) is 28.8 Å². The molecule has 108 valence electrons. The van der Waals surface area contributed by atoms with Gasteiger partial charge in [-0.15, -0.1) is 11.6 Å². The summed E-state index contributed by atoms with van der Waals surface area (Å²) in [5.74, 6) is 2.64. The van der Waals surface area contributed by atoms with Gasteiger partial charge in [0.05, 0.1) is 21.4 Å². The summed E-state index contributed by atoms with van der Waals surface area (Å²) in [6.07, 6.45) is 2.17. The molecule has 0 aliphatic carbocycles. The molecule has 0 N–H and O–H groups in total. The maximum Gasteiger partial charge on any atom is 0.144 e. The lowest BCUT2D eigenvalue weighted by Crippen LogP contribution is -2.17. The van der Waals surface area contributed by atoms with Gasteiger partial charge in [0.1, 0.15) is 11.6 Å². The first-order valence-corrected chi connectivity index (χ1v) is 8.63. The molecule has 1 atom stereocenters. The molecule has 2 heterocycles. The first kappa shape index (κ1) is 14.5. The number of aromatic nitrogens is 2. The van der Waals surface area contributed by atoms with Crippen LogP contribution >= 0.6 is 35.0 Å². The van der Waals surface area contributed by atoms with E-state index in [0.29, 0.717) is 11.6 Å². The van der Waals surface area contributed by atoms with Crippen molar-refractivity contribution in [1.29, 1.82) is 0 Å². The quantitative estimate of drug-likeness (QED) is 0.703. The molecule has 1 aliphatic rings. The Morgan fingerprint density at radius 1 is 1.40 bits per heavy atom. The number of hydrogen-bond donors (Lipinski definition) is 0. The minimum absolute atomic E-state index is 0.137. The molecule has 1 aliphatic heterocycles. The van der Waals surface area contributed by atoms with Crippen molar-refractivity contribution in [2.45, 2.75) is 31.2 Å². The molecule has 1 fully saturated rings. The van der Waals surface area contributed by atoms with Gasteiger partial charge in [-0.25, -0.2) is 9.37 Å². The van der Waals surface area contributed by atoms with E-state index in [9.17, 15) is 4.39 Å².